The zero-order valence-corrected chi connectivity index (χ0v) is 12.2. The van der Waals surface area contributed by atoms with Gasteiger partial charge in [0.05, 0.1) is 6.10 Å². The largest absolute Gasteiger partial charge is 0.298 e. The molecule has 2 aliphatic rings. The summed E-state index contributed by atoms with van der Waals surface area (Å²) in [5, 5.41) is 0. The molecule has 1 N–H and O–H groups in total. The Hall–Kier alpha value is -0.380. The second kappa shape index (κ2) is 5.72. The summed E-state index contributed by atoms with van der Waals surface area (Å²) in [5.41, 5.74) is 4.72. The Bertz CT molecular complexity index is 380. The summed E-state index contributed by atoms with van der Waals surface area (Å²) in [6.45, 7) is 0. The van der Waals surface area contributed by atoms with Crippen LogP contribution in [-0.2, 0) is 4.84 Å². The lowest BCUT2D eigenvalue weighted by Crippen LogP contribution is -2.41. The van der Waals surface area contributed by atoms with E-state index in [0.29, 0.717) is 18.1 Å². The molecular formula is C15H20BrNO. The maximum absolute atomic E-state index is 5.75. The molecule has 2 saturated carbocycles. The third kappa shape index (κ3) is 2.95. The minimum Gasteiger partial charge on any atom is -0.298 e. The molecule has 98 valence electrons. The topological polar surface area (TPSA) is 21.3 Å². The van der Waals surface area contributed by atoms with Gasteiger partial charge >= 0.3 is 0 Å². The first-order chi connectivity index (χ1) is 8.81. The lowest BCUT2D eigenvalue weighted by atomic mass is 9.76. The van der Waals surface area contributed by atoms with Crippen LogP contribution in [0.5, 0.6) is 0 Å². The molecule has 0 aliphatic heterocycles. The van der Waals surface area contributed by atoms with Gasteiger partial charge in [0.2, 0.25) is 0 Å². The van der Waals surface area contributed by atoms with E-state index in [1.165, 1.54) is 44.1 Å². The highest BCUT2D eigenvalue weighted by molar-refractivity contribution is 9.10. The van der Waals surface area contributed by atoms with Gasteiger partial charge in [-0.2, -0.15) is 5.48 Å². The smallest absolute Gasteiger partial charge is 0.0790 e. The van der Waals surface area contributed by atoms with Crippen LogP contribution in [0.2, 0.25) is 0 Å². The van der Waals surface area contributed by atoms with Crippen LogP contribution in [0.25, 0.3) is 0 Å². The highest BCUT2D eigenvalue weighted by Gasteiger charge is 2.31. The van der Waals surface area contributed by atoms with Crippen molar-refractivity contribution >= 4 is 15.9 Å². The first-order valence-electron chi connectivity index (χ1n) is 6.98. The molecule has 3 rings (SSSR count). The molecule has 0 unspecified atom stereocenters. The molecule has 2 fully saturated rings. The number of rotatable bonds is 4. The molecule has 0 saturated heterocycles. The van der Waals surface area contributed by atoms with Crippen LogP contribution in [0.15, 0.2) is 28.7 Å². The maximum atomic E-state index is 5.75. The first kappa shape index (κ1) is 12.6. The van der Waals surface area contributed by atoms with E-state index in [1.54, 1.807) is 0 Å². The highest BCUT2D eigenvalue weighted by atomic mass is 79.9. The van der Waals surface area contributed by atoms with Gasteiger partial charge in [-0.05, 0) is 49.3 Å². The maximum Gasteiger partial charge on any atom is 0.0790 e. The summed E-state index contributed by atoms with van der Waals surface area (Å²) in [4.78, 5) is 5.75. The predicted molar refractivity (Wildman–Crippen MR) is 76.4 cm³/mol. The Morgan fingerprint density at radius 1 is 1.06 bits per heavy atom. The Labute approximate surface area is 117 Å². The fourth-order valence-corrected chi connectivity index (χ4v) is 3.18. The van der Waals surface area contributed by atoms with Crippen LogP contribution >= 0.6 is 15.9 Å². The average Bonchev–Trinajstić information content (AvgIpc) is 2.82. The van der Waals surface area contributed by atoms with Gasteiger partial charge in [-0.1, -0.05) is 40.9 Å². The molecule has 0 heterocycles. The third-order valence-corrected chi connectivity index (χ3v) is 4.71. The summed E-state index contributed by atoms with van der Waals surface area (Å²) in [5.74, 6) is 0.711. The summed E-state index contributed by atoms with van der Waals surface area (Å²) in [6, 6.07) is 9.27. The van der Waals surface area contributed by atoms with E-state index in [4.69, 9.17) is 4.84 Å². The predicted octanol–water partition coefficient (Wildman–Crippen LogP) is 4.16. The second-order valence-electron chi connectivity index (χ2n) is 5.56. The van der Waals surface area contributed by atoms with E-state index in [9.17, 15) is 0 Å². The van der Waals surface area contributed by atoms with Crippen molar-refractivity contribution in [1.29, 1.82) is 0 Å². The fourth-order valence-electron chi connectivity index (χ4n) is 2.92. The molecule has 18 heavy (non-hydrogen) atoms. The third-order valence-electron chi connectivity index (χ3n) is 4.18. The van der Waals surface area contributed by atoms with E-state index < -0.39 is 0 Å². The molecule has 0 atom stereocenters. The Morgan fingerprint density at radius 2 is 1.72 bits per heavy atom. The average molecular weight is 310 g/mol. The summed E-state index contributed by atoms with van der Waals surface area (Å²) in [6.07, 6.45) is 8.00. The van der Waals surface area contributed by atoms with Gasteiger partial charge in [0, 0.05) is 10.5 Å². The molecule has 0 bridgehead atoms. The van der Waals surface area contributed by atoms with Crippen molar-refractivity contribution in [3.05, 3.63) is 34.3 Å². The van der Waals surface area contributed by atoms with Gasteiger partial charge < -0.3 is 0 Å². The van der Waals surface area contributed by atoms with Crippen molar-refractivity contribution in [3.8, 4) is 0 Å². The molecule has 2 nitrogen and oxygen atoms in total. The zero-order chi connectivity index (χ0) is 12.4. The number of hydrogen-bond acceptors (Lipinski definition) is 2. The molecule has 0 radical (unpaired) electrons. The number of hydrogen-bond donors (Lipinski definition) is 1. The first-order valence-corrected chi connectivity index (χ1v) is 7.77. The van der Waals surface area contributed by atoms with Crippen molar-refractivity contribution in [1.82, 2.24) is 5.48 Å². The number of hydroxylamine groups is 1. The molecule has 2 aliphatic carbocycles. The minimum atomic E-state index is 0.469. The fraction of sp³-hybridized carbons (Fsp3) is 0.600. The van der Waals surface area contributed by atoms with Gasteiger partial charge in [0.25, 0.3) is 0 Å². The van der Waals surface area contributed by atoms with Crippen molar-refractivity contribution in [2.45, 2.75) is 56.6 Å². The summed E-state index contributed by atoms with van der Waals surface area (Å²) < 4.78 is 1.16. The lowest BCUT2D eigenvalue weighted by molar-refractivity contribution is -0.0575. The molecule has 1 aromatic rings. The van der Waals surface area contributed by atoms with E-state index >= 15 is 0 Å². The molecule has 0 aromatic heterocycles. The van der Waals surface area contributed by atoms with E-state index in [2.05, 4.69) is 45.7 Å². The van der Waals surface area contributed by atoms with Crippen LogP contribution in [-0.4, -0.2) is 12.1 Å². The quantitative estimate of drug-likeness (QED) is 0.843. The Morgan fingerprint density at radius 3 is 2.39 bits per heavy atom. The Kier molecular flexibility index (Phi) is 4.02. The second-order valence-corrected chi connectivity index (χ2v) is 6.47. The number of benzene rings is 1. The van der Waals surface area contributed by atoms with Crippen LogP contribution in [0, 0.1) is 0 Å². The molecule has 1 aromatic carbocycles. The minimum absolute atomic E-state index is 0.469. The van der Waals surface area contributed by atoms with Crippen molar-refractivity contribution in [2.24, 2.45) is 0 Å². The molecular weight excluding hydrogens is 290 g/mol. The van der Waals surface area contributed by atoms with Gasteiger partial charge in [-0.15, -0.1) is 0 Å². The molecule has 0 spiro atoms. The zero-order valence-electron chi connectivity index (χ0n) is 10.6. The highest BCUT2D eigenvalue weighted by Crippen LogP contribution is 2.37. The molecule has 3 heteroatoms. The monoisotopic (exact) mass is 309 g/mol. The summed E-state index contributed by atoms with van der Waals surface area (Å²) >= 11 is 3.48. The Balaban J connectivity index is 1.41. The van der Waals surface area contributed by atoms with Crippen LogP contribution in [0.4, 0.5) is 0 Å². The van der Waals surface area contributed by atoms with Crippen molar-refractivity contribution < 1.29 is 4.84 Å². The van der Waals surface area contributed by atoms with Gasteiger partial charge in [-0.25, -0.2) is 0 Å². The number of halogens is 1. The van der Waals surface area contributed by atoms with Crippen molar-refractivity contribution in [3.63, 3.8) is 0 Å². The normalized spacial score (nSPS) is 28.3. The van der Waals surface area contributed by atoms with E-state index in [1.807, 2.05) is 0 Å². The van der Waals surface area contributed by atoms with Gasteiger partial charge in [0.1, 0.15) is 0 Å². The van der Waals surface area contributed by atoms with Crippen LogP contribution in [0.3, 0.4) is 0 Å². The van der Waals surface area contributed by atoms with Crippen molar-refractivity contribution in [2.75, 3.05) is 0 Å². The standard InChI is InChI=1S/C15H20BrNO/c16-13-7-5-11(6-8-13)12-9-14(10-12)17-18-15-3-1-2-4-15/h5-8,12,14-15,17H,1-4,9-10H2. The lowest BCUT2D eigenvalue weighted by Gasteiger charge is -2.36. The van der Waals surface area contributed by atoms with E-state index in [0.717, 1.165) is 4.47 Å². The van der Waals surface area contributed by atoms with Crippen LogP contribution in [0.1, 0.15) is 50.0 Å². The molecule has 0 amide bonds. The number of nitrogens with one attached hydrogen (secondary N) is 1. The summed E-state index contributed by atoms with van der Waals surface area (Å²) in [7, 11) is 0. The SMILES string of the molecule is Brc1ccc(C2CC(NOC3CCCC3)C2)cc1. The van der Waals surface area contributed by atoms with Crippen LogP contribution < -0.4 is 5.48 Å². The van der Waals surface area contributed by atoms with E-state index in [-0.39, 0.29) is 0 Å². The van der Waals surface area contributed by atoms with Gasteiger partial charge in [0.15, 0.2) is 0 Å². The van der Waals surface area contributed by atoms with Gasteiger partial charge in [-0.3, -0.25) is 4.84 Å².